The van der Waals surface area contributed by atoms with Crippen molar-refractivity contribution in [2.45, 2.75) is 6.92 Å². The van der Waals surface area contributed by atoms with E-state index in [1.54, 1.807) is 37.3 Å². The summed E-state index contributed by atoms with van der Waals surface area (Å²) in [5.41, 5.74) is 0.765. The van der Waals surface area contributed by atoms with E-state index in [9.17, 15) is 14.4 Å². The molecule has 0 unspecified atom stereocenters. The van der Waals surface area contributed by atoms with Crippen molar-refractivity contribution in [3.8, 4) is 0 Å². The van der Waals surface area contributed by atoms with Gasteiger partial charge < -0.3 is 0 Å². The molecular weight excluding hydrogens is 292 g/mol. The smallest absolute Gasteiger partial charge is 0.273 e. The highest BCUT2D eigenvalue weighted by atomic mass is 35.5. The van der Waals surface area contributed by atoms with Crippen molar-refractivity contribution in [1.29, 1.82) is 0 Å². The number of amides is 4. The zero-order valence-corrected chi connectivity index (χ0v) is 12.1. The van der Waals surface area contributed by atoms with Gasteiger partial charge in [0.25, 0.3) is 11.8 Å². The van der Waals surface area contributed by atoms with Crippen molar-refractivity contribution in [2.75, 3.05) is 6.54 Å². The van der Waals surface area contributed by atoms with E-state index in [2.05, 4.69) is 5.32 Å². The molecule has 1 saturated heterocycles. The van der Waals surface area contributed by atoms with Crippen molar-refractivity contribution in [1.82, 2.24) is 10.2 Å². The van der Waals surface area contributed by atoms with Crippen LogP contribution < -0.4 is 5.32 Å². The van der Waals surface area contributed by atoms with Crippen molar-refractivity contribution < 1.29 is 14.4 Å². The second kappa shape index (κ2) is 6.37. The summed E-state index contributed by atoms with van der Waals surface area (Å²) < 4.78 is 0. The highest BCUT2D eigenvalue weighted by Gasteiger charge is 2.34. The summed E-state index contributed by atoms with van der Waals surface area (Å²) in [7, 11) is 0. The molecule has 1 heterocycles. The van der Waals surface area contributed by atoms with Gasteiger partial charge in [-0.05, 0) is 30.7 Å². The molecule has 1 aliphatic rings. The molecule has 1 aliphatic heterocycles. The third kappa shape index (κ3) is 3.38. The number of carbonyl (C=O) groups is 3. The summed E-state index contributed by atoms with van der Waals surface area (Å²) in [5.74, 6) is -1.28. The van der Waals surface area contributed by atoms with Gasteiger partial charge in [-0.15, -0.1) is 0 Å². The van der Waals surface area contributed by atoms with Crippen LogP contribution in [0.3, 0.4) is 0 Å². The lowest BCUT2D eigenvalue weighted by Gasteiger charge is -2.24. The fourth-order valence-electron chi connectivity index (χ4n) is 1.87. The lowest BCUT2D eigenvalue weighted by Crippen LogP contribution is -2.53. The number of hydrogen-bond acceptors (Lipinski definition) is 3. The molecule has 2 rings (SSSR count). The summed E-state index contributed by atoms with van der Waals surface area (Å²) in [6, 6.07) is 6.45. The lowest BCUT2D eigenvalue weighted by molar-refractivity contribution is -0.130. The molecule has 0 radical (unpaired) electrons. The molecule has 21 heavy (non-hydrogen) atoms. The van der Waals surface area contributed by atoms with Gasteiger partial charge in [0.2, 0.25) is 0 Å². The summed E-state index contributed by atoms with van der Waals surface area (Å²) in [6.45, 7) is 1.86. The number of carbonyl (C=O) groups excluding carboxylic acids is 3. The number of barbiturate groups is 1. The number of benzene rings is 1. The molecule has 1 fully saturated rings. The fraction of sp³-hybridized carbons (Fsp3) is 0.133. The Morgan fingerprint density at radius 3 is 2.71 bits per heavy atom. The summed E-state index contributed by atoms with van der Waals surface area (Å²) in [6.07, 6.45) is 4.67. The molecule has 0 aliphatic carbocycles. The van der Waals surface area contributed by atoms with Crippen LogP contribution in [0.15, 0.2) is 42.0 Å². The molecule has 1 aromatic carbocycles. The van der Waals surface area contributed by atoms with Crippen molar-refractivity contribution in [3.05, 3.63) is 52.6 Å². The summed E-state index contributed by atoms with van der Waals surface area (Å²) in [5, 5.41) is 2.72. The molecular formula is C15H13ClN2O3. The van der Waals surface area contributed by atoms with E-state index < -0.39 is 17.8 Å². The Morgan fingerprint density at radius 1 is 1.29 bits per heavy atom. The third-order valence-electron chi connectivity index (χ3n) is 2.90. The first-order valence-corrected chi connectivity index (χ1v) is 6.72. The van der Waals surface area contributed by atoms with Gasteiger partial charge in [0.15, 0.2) is 0 Å². The molecule has 0 saturated carbocycles. The Labute approximate surface area is 126 Å². The molecule has 0 aromatic heterocycles. The summed E-state index contributed by atoms with van der Waals surface area (Å²) >= 11 is 5.86. The Morgan fingerprint density at radius 2 is 2.05 bits per heavy atom. The molecule has 1 N–H and O–H groups in total. The average molecular weight is 305 g/mol. The second-order valence-corrected chi connectivity index (χ2v) is 4.74. The van der Waals surface area contributed by atoms with Crippen LogP contribution in [-0.2, 0) is 9.59 Å². The molecule has 4 amide bonds. The Hall–Kier alpha value is -2.40. The number of allylic oxidation sites excluding steroid dienone is 2. The molecule has 6 heteroatoms. The summed E-state index contributed by atoms with van der Waals surface area (Å²) in [4.78, 5) is 36.1. The molecule has 0 spiro atoms. The lowest BCUT2D eigenvalue weighted by atomic mass is 10.1. The predicted molar refractivity (Wildman–Crippen MR) is 79.5 cm³/mol. The minimum Gasteiger partial charge on any atom is -0.273 e. The first-order valence-electron chi connectivity index (χ1n) is 6.34. The van der Waals surface area contributed by atoms with E-state index in [1.165, 1.54) is 6.08 Å². The standard InChI is InChI=1S/C15H13ClN2O3/c1-2-18-14(20)12(13(19)17-15(18)21)8-4-6-10-5-3-7-11(16)9-10/h3-9H,2H2,1H3,(H,17,19,21)/b6-4+,12-8+. The van der Waals surface area contributed by atoms with Gasteiger partial charge in [0.05, 0.1) is 0 Å². The number of halogens is 1. The number of nitrogens with one attached hydrogen (secondary N) is 1. The first kappa shape index (κ1) is 15.0. The Bertz CT molecular complexity index is 665. The van der Waals surface area contributed by atoms with Crippen LogP contribution in [-0.4, -0.2) is 29.3 Å². The van der Waals surface area contributed by atoms with Crippen LogP contribution in [0, 0.1) is 0 Å². The van der Waals surface area contributed by atoms with Crippen LogP contribution in [0.25, 0.3) is 6.08 Å². The molecule has 0 atom stereocenters. The molecule has 0 bridgehead atoms. The topological polar surface area (TPSA) is 66.5 Å². The van der Waals surface area contributed by atoms with Gasteiger partial charge >= 0.3 is 6.03 Å². The Balaban J connectivity index is 2.21. The second-order valence-electron chi connectivity index (χ2n) is 4.30. The first-order chi connectivity index (χ1) is 10.0. The SMILES string of the molecule is CCN1C(=O)NC(=O)/C(=C\C=C\c2cccc(Cl)c2)C1=O. The van der Waals surface area contributed by atoms with Crippen molar-refractivity contribution in [3.63, 3.8) is 0 Å². The fourth-order valence-corrected chi connectivity index (χ4v) is 2.07. The van der Waals surface area contributed by atoms with Crippen LogP contribution in [0.5, 0.6) is 0 Å². The van der Waals surface area contributed by atoms with Gasteiger partial charge in [-0.1, -0.05) is 35.9 Å². The zero-order chi connectivity index (χ0) is 15.4. The maximum absolute atomic E-state index is 12.0. The van der Waals surface area contributed by atoms with Gasteiger partial charge in [0.1, 0.15) is 5.57 Å². The van der Waals surface area contributed by atoms with E-state index in [1.807, 2.05) is 6.07 Å². The van der Waals surface area contributed by atoms with E-state index in [0.29, 0.717) is 5.02 Å². The molecule has 1 aromatic rings. The minimum absolute atomic E-state index is 0.0743. The predicted octanol–water partition coefficient (Wildman–Crippen LogP) is 2.38. The van der Waals surface area contributed by atoms with Gasteiger partial charge in [-0.3, -0.25) is 19.8 Å². The number of likely N-dealkylation sites (N-methyl/N-ethyl adjacent to an activating group) is 1. The monoisotopic (exact) mass is 304 g/mol. The van der Waals surface area contributed by atoms with Crippen LogP contribution in [0.4, 0.5) is 4.79 Å². The largest absolute Gasteiger partial charge is 0.331 e. The minimum atomic E-state index is -0.691. The van der Waals surface area contributed by atoms with E-state index in [-0.39, 0.29) is 12.1 Å². The third-order valence-corrected chi connectivity index (χ3v) is 3.14. The normalized spacial score (nSPS) is 17.7. The highest BCUT2D eigenvalue weighted by Crippen LogP contribution is 2.13. The van der Waals surface area contributed by atoms with Crippen molar-refractivity contribution in [2.24, 2.45) is 0 Å². The maximum atomic E-state index is 12.0. The highest BCUT2D eigenvalue weighted by molar-refractivity contribution is 6.30. The van der Waals surface area contributed by atoms with E-state index in [4.69, 9.17) is 11.6 Å². The van der Waals surface area contributed by atoms with Crippen LogP contribution in [0.2, 0.25) is 5.02 Å². The van der Waals surface area contributed by atoms with Gasteiger partial charge in [-0.25, -0.2) is 4.79 Å². The van der Waals surface area contributed by atoms with Gasteiger partial charge in [0, 0.05) is 11.6 Å². The van der Waals surface area contributed by atoms with Gasteiger partial charge in [-0.2, -0.15) is 0 Å². The number of urea groups is 1. The number of imide groups is 2. The molecule has 108 valence electrons. The number of rotatable bonds is 3. The van der Waals surface area contributed by atoms with E-state index in [0.717, 1.165) is 10.5 Å². The van der Waals surface area contributed by atoms with E-state index >= 15 is 0 Å². The molecule has 5 nitrogen and oxygen atoms in total. The zero-order valence-electron chi connectivity index (χ0n) is 11.3. The average Bonchev–Trinajstić information content (AvgIpc) is 2.43. The van der Waals surface area contributed by atoms with Crippen molar-refractivity contribution >= 4 is 35.5 Å². The quantitative estimate of drug-likeness (QED) is 0.688. The number of nitrogens with zero attached hydrogens (tertiary/aromatic N) is 1. The van der Waals surface area contributed by atoms with Crippen LogP contribution >= 0.6 is 11.6 Å². The number of hydrogen-bond donors (Lipinski definition) is 1. The maximum Gasteiger partial charge on any atom is 0.331 e. The Kier molecular flexibility index (Phi) is 4.55. The van der Waals surface area contributed by atoms with Crippen LogP contribution in [0.1, 0.15) is 12.5 Å².